The third-order valence-electron chi connectivity index (χ3n) is 1.76. The lowest BCUT2D eigenvalue weighted by Crippen LogP contribution is -1.82. The lowest BCUT2D eigenvalue weighted by Gasteiger charge is -1.93. The molecule has 3 nitrogen and oxygen atoms in total. The van der Waals surface area contributed by atoms with Crippen molar-refractivity contribution in [1.82, 2.24) is 4.98 Å². The van der Waals surface area contributed by atoms with E-state index >= 15 is 0 Å². The third-order valence-corrected chi connectivity index (χ3v) is 1.76. The highest BCUT2D eigenvalue weighted by Gasteiger charge is 1.98. The molecule has 0 saturated heterocycles. The second-order valence-electron chi connectivity index (χ2n) is 2.59. The van der Waals surface area contributed by atoms with E-state index in [1.54, 1.807) is 6.07 Å². The van der Waals surface area contributed by atoms with Gasteiger partial charge in [-0.2, -0.15) is 0 Å². The first-order valence-corrected chi connectivity index (χ1v) is 3.84. The highest BCUT2D eigenvalue weighted by Crippen LogP contribution is 2.10. The molecular weight excluding hydrogens is 164 g/mol. The average Bonchev–Trinajstić information content (AvgIpc) is 2.18. The molecule has 0 unspecified atom stereocenters. The van der Waals surface area contributed by atoms with Crippen LogP contribution >= 0.6 is 0 Å². The topological polar surface area (TPSA) is 40.3 Å². The normalized spacial score (nSPS) is 9.23. The molecule has 13 heavy (non-hydrogen) atoms. The largest absolute Gasteiger partial charge is 0.498 e. The Morgan fingerprint density at radius 3 is 2.85 bits per heavy atom. The number of fused-ring (bicyclic) bond motifs is 1. The van der Waals surface area contributed by atoms with E-state index in [9.17, 15) is 5.21 Å². The van der Waals surface area contributed by atoms with E-state index in [0.29, 0.717) is 5.69 Å². The van der Waals surface area contributed by atoms with Crippen molar-refractivity contribution in [3.05, 3.63) is 52.3 Å². The van der Waals surface area contributed by atoms with Crippen LogP contribution in [0.3, 0.4) is 0 Å². The molecule has 2 aromatic rings. The standard InChI is InChI=1S/C10H6N2O/c13-11-7-9-6-5-8-3-1-2-4-10(8)12-9/h1-6H. The highest BCUT2D eigenvalue weighted by molar-refractivity contribution is 5.78. The maximum atomic E-state index is 9.91. The van der Waals surface area contributed by atoms with Crippen LogP contribution in [0.2, 0.25) is 0 Å². The molecule has 0 saturated carbocycles. The van der Waals surface area contributed by atoms with Crippen molar-refractivity contribution in [3.8, 4) is 6.07 Å². The maximum absolute atomic E-state index is 9.91. The van der Waals surface area contributed by atoms with E-state index in [2.05, 4.69) is 16.1 Å². The van der Waals surface area contributed by atoms with Crippen molar-refractivity contribution in [2.24, 2.45) is 0 Å². The fraction of sp³-hybridized carbons (Fsp3) is 0. The molecule has 62 valence electrons. The lowest BCUT2D eigenvalue weighted by molar-refractivity contribution is 1.36. The average molecular weight is 170 g/mol. The van der Waals surface area contributed by atoms with E-state index in [1.807, 2.05) is 30.3 Å². The molecule has 0 spiro atoms. The summed E-state index contributed by atoms with van der Waals surface area (Å²) < 4.78 is 0. The van der Waals surface area contributed by atoms with Crippen LogP contribution in [0.25, 0.3) is 15.9 Å². The second kappa shape index (κ2) is 3.11. The maximum Gasteiger partial charge on any atom is 0.356 e. The van der Waals surface area contributed by atoms with E-state index in [1.165, 1.54) is 0 Å². The lowest BCUT2D eigenvalue weighted by atomic mass is 10.2. The first-order chi connectivity index (χ1) is 6.40. The number of hydrogen-bond acceptors (Lipinski definition) is 2. The molecule has 2 rings (SSSR count). The van der Waals surface area contributed by atoms with Crippen molar-refractivity contribution in [3.63, 3.8) is 0 Å². The van der Waals surface area contributed by atoms with E-state index in [-0.39, 0.29) is 0 Å². The van der Waals surface area contributed by atoms with Gasteiger partial charge >= 0.3 is 6.07 Å². The fourth-order valence-corrected chi connectivity index (χ4v) is 1.18. The fourth-order valence-electron chi connectivity index (χ4n) is 1.18. The first-order valence-electron chi connectivity index (χ1n) is 3.84. The van der Waals surface area contributed by atoms with Gasteiger partial charge in [0.15, 0.2) is 5.69 Å². The molecule has 0 atom stereocenters. The summed E-state index contributed by atoms with van der Waals surface area (Å²) in [7, 11) is 0. The van der Waals surface area contributed by atoms with Gasteiger partial charge in [-0.25, -0.2) is 4.98 Å². The van der Waals surface area contributed by atoms with Gasteiger partial charge in [0.2, 0.25) is 0 Å². The first kappa shape index (κ1) is 7.56. The van der Waals surface area contributed by atoms with Gasteiger partial charge in [-0.1, -0.05) is 18.2 Å². The minimum absolute atomic E-state index is 0.466. The number of para-hydroxylation sites is 1. The van der Waals surface area contributed by atoms with Crippen molar-refractivity contribution in [1.29, 1.82) is 0 Å². The molecule has 0 amide bonds. The Labute approximate surface area is 75.0 Å². The number of hydrogen-bond donors (Lipinski definition) is 0. The molecule has 0 bridgehead atoms. The quantitative estimate of drug-likeness (QED) is 0.569. The third kappa shape index (κ3) is 1.42. The van der Waals surface area contributed by atoms with Crippen molar-refractivity contribution in [2.45, 2.75) is 0 Å². The summed E-state index contributed by atoms with van der Waals surface area (Å²) in [6.07, 6.45) is 0. The van der Waals surface area contributed by atoms with E-state index in [4.69, 9.17) is 0 Å². The van der Waals surface area contributed by atoms with E-state index < -0.39 is 0 Å². The Morgan fingerprint density at radius 1 is 1.15 bits per heavy atom. The van der Waals surface area contributed by atoms with Crippen LogP contribution in [0.1, 0.15) is 5.69 Å². The smallest absolute Gasteiger partial charge is 0.356 e. The van der Waals surface area contributed by atoms with Crippen molar-refractivity contribution < 1.29 is 0 Å². The SMILES string of the molecule is [O-][N+]#Cc1ccc2ccccc2n1. The zero-order valence-corrected chi connectivity index (χ0v) is 6.77. The van der Waals surface area contributed by atoms with Crippen LogP contribution in [0, 0.1) is 11.3 Å². The van der Waals surface area contributed by atoms with Gasteiger partial charge in [0, 0.05) is 10.4 Å². The minimum Gasteiger partial charge on any atom is -0.498 e. The van der Waals surface area contributed by atoms with Gasteiger partial charge in [0.1, 0.15) is 0 Å². The number of pyridine rings is 1. The molecule has 0 radical (unpaired) electrons. The predicted octanol–water partition coefficient (Wildman–Crippen LogP) is 2.41. The predicted molar refractivity (Wildman–Crippen MR) is 51.5 cm³/mol. The molecular formula is C10H6N2O. The van der Waals surface area contributed by atoms with Crippen molar-refractivity contribution >= 4 is 10.9 Å². The Balaban J connectivity index is 2.66. The minimum atomic E-state index is 0.466. The monoisotopic (exact) mass is 170 g/mol. The molecule has 3 heteroatoms. The molecule has 1 heterocycles. The van der Waals surface area contributed by atoms with Gasteiger partial charge in [-0.3, -0.25) is 0 Å². The summed E-state index contributed by atoms with van der Waals surface area (Å²) in [6.45, 7) is 0. The second-order valence-corrected chi connectivity index (χ2v) is 2.59. The highest BCUT2D eigenvalue weighted by atomic mass is 16.4. The molecule has 0 aliphatic carbocycles. The summed E-state index contributed by atoms with van der Waals surface area (Å²) in [6, 6.07) is 13.5. The van der Waals surface area contributed by atoms with Crippen LogP contribution in [0.5, 0.6) is 0 Å². The van der Waals surface area contributed by atoms with Crippen LogP contribution in [-0.4, -0.2) is 4.98 Å². The van der Waals surface area contributed by atoms with Gasteiger partial charge in [-0.05, 0) is 18.2 Å². The zero-order valence-electron chi connectivity index (χ0n) is 6.77. The van der Waals surface area contributed by atoms with Gasteiger partial charge in [-0.15, -0.1) is 0 Å². The molecule has 0 aliphatic heterocycles. The Hall–Kier alpha value is -2.08. The van der Waals surface area contributed by atoms with E-state index in [0.717, 1.165) is 10.9 Å². The van der Waals surface area contributed by atoms with Crippen LogP contribution in [0.15, 0.2) is 36.4 Å². The van der Waals surface area contributed by atoms with Crippen LogP contribution in [0.4, 0.5) is 0 Å². The summed E-state index contributed by atoms with van der Waals surface area (Å²) >= 11 is 0. The molecule has 0 aliphatic rings. The Bertz CT molecular complexity index is 497. The number of benzene rings is 1. The van der Waals surface area contributed by atoms with Crippen LogP contribution in [-0.2, 0) is 0 Å². The molecule has 1 aromatic heterocycles. The Kier molecular flexibility index (Phi) is 1.81. The summed E-state index contributed by atoms with van der Waals surface area (Å²) in [5.74, 6) is 0. The zero-order chi connectivity index (χ0) is 9.10. The molecule has 0 N–H and O–H groups in total. The molecule has 0 fully saturated rings. The van der Waals surface area contributed by atoms with Crippen molar-refractivity contribution in [2.75, 3.05) is 0 Å². The summed E-state index contributed by atoms with van der Waals surface area (Å²) in [5, 5.41) is 13.5. The number of nitrogens with zero attached hydrogens (tertiary/aromatic N) is 2. The van der Waals surface area contributed by atoms with Gasteiger partial charge < -0.3 is 5.21 Å². The Morgan fingerprint density at radius 2 is 2.00 bits per heavy atom. The number of aromatic nitrogens is 1. The van der Waals surface area contributed by atoms with Gasteiger partial charge in [0.05, 0.1) is 5.52 Å². The summed E-state index contributed by atoms with van der Waals surface area (Å²) in [5.41, 5.74) is 1.31. The molecule has 1 aromatic carbocycles. The summed E-state index contributed by atoms with van der Waals surface area (Å²) in [4.78, 5) is 4.16. The van der Waals surface area contributed by atoms with Gasteiger partial charge in [0.25, 0.3) is 0 Å². The van der Waals surface area contributed by atoms with Crippen LogP contribution < -0.4 is 0 Å². The number of rotatable bonds is 0.